The number of carbonyl (C=O) groups excluding carboxylic acids is 2. The van der Waals surface area contributed by atoms with E-state index in [1.165, 1.54) is 38.4 Å². The number of esters is 2. The Morgan fingerprint density at radius 3 is 1.46 bits per heavy atom. The summed E-state index contributed by atoms with van der Waals surface area (Å²) in [5.41, 5.74) is -5.74. The van der Waals surface area contributed by atoms with Gasteiger partial charge in [0.2, 0.25) is 10.0 Å². The van der Waals surface area contributed by atoms with Crippen LogP contribution in [0.15, 0.2) is 114 Å². The monoisotopic (exact) mass is 701 g/mol. The van der Waals surface area contributed by atoms with Gasteiger partial charge in [-0.25, -0.2) is 12.7 Å². The van der Waals surface area contributed by atoms with Gasteiger partial charge in [-0.1, -0.05) is 97.1 Å². The molecule has 254 valence electrons. The SMILES string of the molecule is CN(C)S(=O)(=O)c1ccc(CC(Cc2ccc(C(F)(F)P(=O)(O)O)cc2)(C(=O)OCc2ccccc2)C(=O)OCc2ccccc2)cc1. The van der Waals surface area contributed by atoms with Crippen molar-refractivity contribution < 1.29 is 50.6 Å². The first kappa shape index (κ1) is 36.6. The van der Waals surface area contributed by atoms with E-state index in [9.17, 15) is 31.4 Å². The van der Waals surface area contributed by atoms with Crippen LogP contribution in [-0.2, 0) is 65.4 Å². The van der Waals surface area contributed by atoms with Crippen LogP contribution in [0.25, 0.3) is 0 Å². The van der Waals surface area contributed by atoms with E-state index in [1.807, 2.05) is 0 Å². The molecule has 10 nitrogen and oxygen atoms in total. The lowest BCUT2D eigenvalue weighted by molar-refractivity contribution is -0.174. The molecule has 0 radical (unpaired) electrons. The van der Waals surface area contributed by atoms with Gasteiger partial charge in [-0.05, 0) is 47.2 Å². The molecule has 0 aromatic heterocycles. The molecule has 0 heterocycles. The number of benzene rings is 4. The second-order valence-electron chi connectivity index (χ2n) is 11.3. The van der Waals surface area contributed by atoms with Gasteiger partial charge in [0.25, 0.3) is 0 Å². The first-order valence-corrected chi connectivity index (χ1v) is 17.6. The van der Waals surface area contributed by atoms with Crippen molar-refractivity contribution in [1.82, 2.24) is 4.31 Å². The first-order valence-electron chi connectivity index (χ1n) is 14.5. The van der Waals surface area contributed by atoms with E-state index in [0.29, 0.717) is 16.7 Å². The minimum Gasteiger partial charge on any atom is -0.460 e. The summed E-state index contributed by atoms with van der Waals surface area (Å²) in [6.07, 6.45) is -0.759. The molecule has 0 unspecified atom stereocenters. The molecule has 0 bridgehead atoms. The van der Waals surface area contributed by atoms with Gasteiger partial charge in [-0.2, -0.15) is 8.78 Å². The van der Waals surface area contributed by atoms with Crippen LogP contribution < -0.4 is 0 Å². The minimum absolute atomic E-state index is 0.0262. The fraction of sp³-hybridized carbons (Fsp3) is 0.235. The van der Waals surface area contributed by atoms with Gasteiger partial charge >= 0.3 is 25.2 Å². The molecule has 14 heteroatoms. The van der Waals surface area contributed by atoms with Crippen molar-refractivity contribution in [2.24, 2.45) is 5.41 Å². The zero-order chi connectivity index (χ0) is 35.2. The maximum absolute atomic E-state index is 14.4. The molecule has 0 amide bonds. The molecule has 4 rings (SSSR count). The van der Waals surface area contributed by atoms with Crippen LogP contribution in [0.3, 0.4) is 0 Å². The summed E-state index contributed by atoms with van der Waals surface area (Å²) in [5, 5.41) is 0. The van der Waals surface area contributed by atoms with Gasteiger partial charge < -0.3 is 19.3 Å². The fourth-order valence-electron chi connectivity index (χ4n) is 4.84. The Hall–Kier alpha value is -4.26. The Morgan fingerprint density at radius 2 is 1.08 bits per heavy atom. The Kier molecular flexibility index (Phi) is 11.3. The summed E-state index contributed by atoms with van der Waals surface area (Å²) >= 11 is 0. The standard InChI is InChI=1S/C34H34F2NO9PS/c1-37(2)48(43,44)30-19-15-26(16-20-30)22-33(31(38)45-23-27-9-5-3-6-10-27,32(39)46-24-28-11-7-4-8-12-28)21-25-13-17-29(18-14-25)34(35,36)47(40,41)42/h3-20H,21-24H2,1-2H3,(H2,40,41,42). The number of hydrogen-bond acceptors (Lipinski definition) is 7. The highest BCUT2D eigenvalue weighted by atomic mass is 32.2. The van der Waals surface area contributed by atoms with Gasteiger partial charge in [0, 0.05) is 19.7 Å². The number of sulfonamides is 1. The second-order valence-corrected chi connectivity index (χ2v) is 15.1. The van der Waals surface area contributed by atoms with Crippen LogP contribution in [0.2, 0.25) is 0 Å². The quantitative estimate of drug-likeness (QED) is 0.0999. The fourth-order valence-corrected chi connectivity index (χ4v) is 6.22. The topological polar surface area (TPSA) is 148 Å². The number of nitrogens with zero attached hydrogens (tertiary/aromatic N) is 1. The first-order chi connectivity index (χ1) is 22.6. The average Bonchev–Trinajstić information content (AvgIpc) is 3.06. The van der Waals surface area contributed by atoms with E-state index < -0.39 is 52.6 Å². The van der Waals surface area contributed by atoms with Crippen molar-refractivity contribution in [3.63, 3.8) is 0 Å². The molecule has 0 saturated carbocycles. The molecule has 0 aliphatic rings. The van der Waals surface area contributed by atoms with E-state index >= 15 is 0 Å². The van der Waals surface area contributed by atoms with E-state index in [2.05, 4.69) is 0 Å². The number of ether oxygens (including phenoxy) is 2. The molecular formula is C34H34F2NO9PS. The third-order valence-electron chi connectivity index (χ3n) is 7.59. The molecule has 2 N–H and O–H groups in total. The zero-order valence-corrected chi connectivity index (χ0v) is 27.7. The van der Waals surface area contributed by atoms with Crippen molar-refractivity contribution in [3.05, 3.63) is 137 Å². The highest BCUT2D eigenvalue weighted by Crippen LogP contribution is 2.59. The summed E-state index contributed by atoms with van der Waals surface area (Å²) in [4.78, 5) is 46.6. The third kappa shape index (κ3) is 8.41. The highest BCUT2D eigenvalue weighted by Gasteiger charge is 2.51. The Labute approximate surface area is 277 Å². The van der Waals surface area contributed by atoms with Crippen LogP contribution in [0.1, 0.15) is 27.8 Å². The molecule has 0 aliphatic heterocycles. The maximum Gasteiger partial charge on any atom is 0.399 e. The maximum atomic E-state index is 14.4. The molecule has 0 saturated heterocycles. The van der Waals surface area contributed by atoms with Crippen molar-refractivity contribution >= 4 is 29.6 Å². The van der Waals surface area contributed by atoms with Crippen LogP contribution in [0.4, 0.5) is 8.78 Å². The highest BCUT2D eigenvalue weighted by molar-refractivity contribution is 7.89. The lowest BCUT2D eigenvalue weighted by Gasteiger charge is -2.30. The third-order valence-corrected chi connectivity index (χ3v) is 10.4. The molecule has 48 heavy (non-hydrogen) atoms. The van der Waals surface area contributed by atoms with Gasteiger partial charge in [0.05, 0.1) is 4.90 Å². The summed E-state index contributed by atoms with van der Waals surface area (Å²) in [6.45, 7) is -0.415. The Bertz CT molecular complexity index is 1810. The van der Waals surface area contributed by atoms with Crippen LogP contribution >= 0.6 is 7.60 Å². The number of halogens is 2. The van der Waals surface area contributed by atoms with Crippen LogP contribution in [0, 0.1) is 5.41 Å². The van der Waals surface area contributed by atoms with Crippen molar-refractivity contribution in [2.45, 2.75) is 36.6 Å². The Balaban J connectivity index is 1.78. The van der Waals surface area contributed by atoms with Crippen molar-refractivity contribution in [1.29, 1.82) is 0 Å². The van der Waals surface area contributed by atoms with Gasteiger partial charge in [0.15, 0.2) is 5.41 Å². The van der Waals surface area contributed by atoms with Crippen LogP contribution in [0.5, 0.6) is 0 Å². The molecule has 4 aromatic carbocycles. The van der Waals surface area contributed by atoms with Crippen LogP contribution in [-0.4, -0.2) is 48.5 Å². The number of hydrogen-bond donors (Lipinski definition) is 2. The van der Waals surface area contributed by atoms with Gasteiger partial charge in [-0.15, -0.1) is 0 Å². The van der Waals surface area contributed by atoms with Crippen molar-refractivity contribution in [3.8, 4) is 0 Å². The van der Waals surface area contributed by atoms with Gasteiger partial charge in [-0.3, -0.25) is 14.2 Å². The average molecular weight is 702 g/mol. The number of alkyl halides is 2. The van der Waals surface area contributed by atoms with E-state index in [-0.39, 0.29) is 30.1 Å². The predicted octanol–water partition coefficient (Wildman–Crippen LogP) is 5.42. The molecule has 0 aliphatic carbocycles. The molecule has 0 fully saturated rings. The Morgan fingerprint density at radius 1 is 0.688 bits per heavy atom. The zero-order valence-electron chi connectivity index (χ0n) is 26.0. The van der Waals surface area contributed by atoms with Crippen molar-refractivity contribution in [2.75, 3.05) is 14.1 Å². The smallest absolute Gasteiger partial charge is 0.399 e. The van der Waals surface area contributed by atoms with E-state index in [0.717, 1.165) is 28.6 Å². The summed E-state index contributed by atoms with van der Waals surface area (Å²) in [5.74, 6) is -1.97. The molecule has 4 aromatic rings. The molecule has 0 atom stereocenters. The number of carbonyl (C=O) groups is 2. The lowest BCUT2D eigenvalue weighted by atomic mass is 9.76. The second kappa shape index (κ2) is 14.9. The minimum atomic E-state index is -5.85. The number of rotatable bonds is 14. The van der Waals surface area contributed by atoms with Gasteiger partial charge in [0.1, 0.15) is 13.2 Å². The summed E-state index contributed by atoms with van der Waals surface area (Å²) in [6, 6.07) is 26.8. The summed E-state index contributed by atoms with van der Waals surface area (Å²) in [7, 11) is -6.89. The van der Waals surface area contributed by atoms with E-state index in [4.69, 9.17) is 19.3 Å². The largest absolute Gasteiger partial charge is 0.460 e. The normalized spacial score (nSPS) is 12.5. The molecule has 0 spiro atoms. The lowest BCUT2D eigenvalue weighted by Crippen LogP contribution is -2.45. The predicted molar refractivity (Wildman–Crippen MR) is 172 cm³/mol. The van der Waals surface area contributed by atoms with E-state index in [1.54, 1.807) is 60.7 Å². The molecular weight excluding hydrogens is 667 g/mol. The summed E-state index contributed by atoms with van der Waals surface area (Å²) < 4.78 is 78.0.